The predicted octanol–water partition coefficient (Wildman–Crippen LogP) is -0.571. The van der Waals surface area contributed by atoms with Crippen LogP contribution in [0.4, 0.5) is 11.5 Å². The van der Waals surface area contributed by atoms with Crippen molar-refractivity contribution < 1.29 is 10.2 Å². The number of rotatable bonds is 4. The third-order valence-electron chi connectivity index (χ3n) is 1.55. The summed E-state index contributed by atoms with van der Waals surface area (Å²) in [6.45, 7) is -0.0442. The Bertz CT molecular complexity index is 267. The molecule has 0 saturated heterocycles. The highest BCUT2D eigenvalue weighted by Crippen LogP contribution is 2.12. The second-order valence-electron chi connectivity index (χ2n) is 2.66. The molecule has 13 heavy (non-hydrogen) atoms. The molecule has 0 aliphatic heterocycles. The number of anilines is 2. The molecule has 0 radical (unpaired) electrons. The van der Waals surface area contributed by atoms with Crippen LogP contribution in [0.25, 0.3) is 0 Å². The molecular weight excluding hydrogens is 170 g/mol. The highest BCUT2D eigenvalue weighted by Gasteiger charge is 2.03. The van der Waals surface area contributed by atoms with E-state index in [0.717, 1.165) is 0 Å². The summed E-state index contributed by atoms with van der Waals surface area (Å²) in [6, 6.07) is 3.43. The first-order valence-corrected chi connectivity index (χ1v) is 3.97. The van der Waals surface area contributed by atoms with Gasteiger partial charge in [0.05, 0.1) is 18.4 Å². The number of hydrogen-bond donors (Lipinski definition) is 4. The zero-order chi connectivity index (χ0) is 9.68. The maximum Gasteiger partial charge on any atom is 0.149 e. The molecular formula is C8H13N3O2. The number of nitrogens with one attached hydrogen (secondary N) is 1. The molecule has 5 N–H and O–H groups in total. The number of aromatic nitrogens is 1. The Labute approximate surface area is 76.2 Å². The Hall–Kier alpha value is -1.33. The van der Waals surface area contributed by atoms with E-state index in [2.05, 4.69) is 10.3 Å². The van der Waals surface area contributed by atoms with Crippen LogP contribution in [0.15, 0.2) is 18.3 Å². The summed E-state index contributed by atoms with van der Waals surface area (Å²) in [5.41, 5.74) is 6.10. The molecule has 1 aromatic heterocycles. The van der Waals surface area contributed by atoms with Gasteiger partial charge >= 0.3 is 0 Å². The van der Waals surface area contributed by atoms with Crippen LogP contribution in [0, 0.1) is 0 Å². The quantitative estimate of drug-likeness (QED) is 0.501. The van der Waals surface area contributed by atoms with Crippen LogP contribution >= 0.6 is 0 Å². The normalized spacial score (nSPS) is 12.5. The molecule has 0 aliphatic rings. The SMILES string of the molecule is Nc1cccnc1NCC(O)CO. The Balaban J connectivity index is 2.50. The van der Waals surface area contributed by atoms with Gasteiger partial charge in [0.1, 0.15) is 5.82 Å². The minimum atomic E-state index is -0.790. The minimum Gasteiger partial charge on any atom is -0.396 e. The highest BCUT2D eigenvalue weighted by atomic mass is 16.3. The average Bonchev–Trinajstić information content (AvgIpc) is 2.16. The number of aliphatic hydroxyl groups excluding tert-OH is 2. The van der Waals surface area contributed by atoms with Gasteiger partial charge < -0.3 is 21.3 Å². The fourth-order valence-electron chi connectivity index (χ4n) is 0.844. The van der Waals surface area contributed by atoms with Gasteiger partial charge in [-0.1, -0.05) is 0 Å². The first-order chi connectivity index (χ1) is 6.24. The maximum absolute atomic E-state index is 9.03. The van der Waals surface area contributed by atoms with Crippen molar-refractivity contribution in [2.75, 3.05) is 24.2 Å². The van der Waals surface area contributed by atoms with Crippen LogP contribution in [-0.2, 0) is 0 Å². The lowest BCUT2D eigenvalue weighted by Crippen LogP contribution is -2.23. The molecule has 72 valence electrons. The van der Waals surface area contributed by atoms with Crippen LogP contribution in [0.3, 0.4) is 0 Å². The van der Waals surface area contributed by atoms with E-state index in [1.54, 1.807) is 18.3 Å². The van der Waals surface area contributed by atoms with E-state index in [9.17, 15) is 0 Å². The molecule has 0 amide bonds. The lowest BCUT2D eigenvalue weighted by atomic mass is 10.3. The summed E-state index contributed by atoms with van der Waals surface area (Å²) in [5.74, 6) is 0.523. The van der Waals surface area contributed by atoms with Crippen LogP contribution in [0.1, 0.15) is 0 Å². The van der Waals surface area contributed by atoms with Crippen molar-refractivity contribution >= 4 is 11.5 Å². The summed E-state index contributed by atoms with van der Waals surface area (Å²) in [6.07, 6.45) is 0.811. The van der Waals surface area contributed by atoms with Crippen molar-refractivity contribution in [1.82, 2.24) is 4.98 Å². The van der Waals surface area contributed by atoms with Crippen molar-refractivity contribution in [3.8, 4) is 0 Å². The van der Waals surface area contributed by atoms with Gasteiger partial charge in [-0.15, -0.1) is 0 Å². The molecule has 1 heterocycles. The first kappa shape index (κ1) is 9.76. The van der Waals surface area contributed by atoms with E-state index >= 15 is 0 Å². The lowest BCUT2D eigenvalue weighted by Gasteiger charge is -2.10. The number of hydrogen-bond acceptors (Lipinski definition) is 5. The van der Waals surface area contributed by atoms with Crippen LogP contribution in [0.2, 0.25) is 0 Å². The van der Waals surface area contributed by atoms with Crippen LogP contribution in [0.5, 0.6) is 0 Å². The molecule has 0 aromatic carbocycles. The number of nitrogens with zero attached hydrogens (tertiary/aromatic N) is 1. The third kappa shape index (κ3) is 2.89. The second kappa shape index (κ2) is 4.64. The molecule has 0 aliphatic carbocycles. The van der Waals surface area contributed by atoms with Gasteiger partial charge in [0, 0.05) is 12.7 Å². The molecule has 0 saturated carbocycles. The number of aliphatic hydroxyl groups is 2. The molecule has 1 atom stereocenters. The zero-order valence-electron chi connectivity index (χ0n) is 7.14. The standard InChI is InChI=1S/C8H13N3O2/c9-7-2-1-3-10-8(7)11-4-6(13)5-12/h1-3,6,12-13H,4-5,9H2,(H,10,11). The maximum atomic E-state index is 9.03. The van der Waals surface area contributed by atoms with Gasteiger partial charge in [-0.25, -0.2) is 4.98 Å². The summed E-state index contributed by atoms with van der Waals surface area (Å²) >= 11 is 0. The fraction of sp³-hybridized carbons (Fsp3) is 0.375. The number of nitrogen functional groups attached to an aromatic ring is 1. The van der Waals surface area contributed by atoms with Gasteiger partial charge in [0.15, 0.2) is 0 Å². The monoisotopic (exact) mass is 183 g/mol. The topological polar surface area (TPSA) is 91.4 Å². The van der Waals surface area contributed by atoms with Crippen molar-refractivity contribution in [2.24, 2.45) is 0 Å². The molecule has 0 spiro atoms. The first-order valence-electron chi connectivity index (χ1n) is 3.97. The summed E-state index contributed by atoms with van der Waals surface area (Å²) in [5, 5.41) is 20.4. The summed E-state index contributed by atoms with van der Waals surface area (Å²) in [4.78, 5) is 3.96. The van der Waals surface area contributed by atoms with Crippen molar-refractivity contribution in [3.05, 3.63) is 18.3 Å². The average molecular weight is 183 g/mol. The van der Waals surface area contributed by atoms with E-state index in [0.29, 0.717) is 11.5 Å². The van der Waals surface area contributed by atoms with Gasteiger partial charge in [-0.3, -0.25) is 0 Å². The molecule has 1 rings (SSSR count). The van der Waals surface area contributed by atoms with Gasteiger partial charge in [-0.2, -0.15) is 0 Å². The van der Waals surface area contributed by atoms with E-state index in [1.165, 1.54) is 0 Å². The van der Waals surface area contributed by atoms with E-state index in [-0.39, 0.29) is 13.2 Å². The Morgan fingerprint density at radius 2 is 2.38 bits per heavy atom. The predicted molar refractivity (Wildman–Crippen MR) is 50.2 cm³/mol. The minimum absolute atomic E-state index is 0.234. The van der Waals surface area contributed by atoms with Gasteiger partial charge in [-0.05, 0) is 12.1 Å². The fourth-order valence-corrected chi connectivity index (χ4v) is 0.844. The Morgan fingerprint density at radius 1 is 1.62 bits per heavy atom. The second-order valence-corrected chi connectivity index (χ2v) is 2.66. The molecule has 1 aromatic rings. The van der Waals surface area contributed by atoms with Crippen LogP contribution in [-0.4, -0.2) is 34.5 Å². The largest absolute Gasteiger partial charge is 0.396 e. The Kier molecular flexibility index (Phi) is 3.48. The molecule has 0 fully saturated rings. The van der Waals surface area contributed by atoms with Crippen molar-refractivity contribution in [2.45, 2.75) is 6.10 Å². The summed E-state index contributed by atoms with van der Waals surface area (Å²) in [7, 11) is 0. The highest BCUT2D eigenvalue weighted by molar-refractivity contribution is 5.60. The van der Waals surface area contributed by atoms with E-state index in [1.807, 2.05) is 0 Å². The lowest BCUT2D eigenvalue weighted by molar-refractivity contribution is 0.105. The van der Waals surface area contributed by atoms with E-state index < -0.39 is 6.10 Å². The zero-order valence-corrected chi connectivity index (χ0v) is 7.14. The van der Waals surface area contributed by atoms with Crippen molar-refractivity contribution in [3.63, 3.8) is 0 Å². The smallest absolute Gasteiger partial charge is 0.149 e. The third-order valence-corrected chi connectivity index (χ3v) is 1.55. The van der Waals surface area contributed by atoms with Gasteiger partial charge in [0.25, 0.3) is 0 Å². The molecule has 5 nitrogen and oxygen atoms in total. The molecule has 0 bridgehead atoms. The van der Waals surface area contributed by atoms with Crippen molar-refractivity contribution in [1.29, 1.82) is 0 Å². The molecule has 1 unspecified atom stereocenters. The molecule has 5 heteroatoms. The Morgan fingerprint density at radius 3 is 3.00 bits per heavy atom. The van der Waals surface area contributed by atoms with Gasteiger partial charge in [0.2, 0.25) is 0 Å². The number of nitrogens with two attached hydrogens (primary N) is 1. The number of pyridine rings is 1. The summed E-state index contributed by atoms with van der Waals surface area (Å²) < 4.78 is 0. The van der Waals surface area contributed by atoms with Crippen LogP contribution < -0.4 is 11.1 Å². The van der Waals surface area contributed by atoms with E-state index in [4.69, 9.17) is 15.9 Å².